The van der Waals surface area contributed by atoms with Gasteiger partial charge in [-0.1, -0.05) is 43.3 Å². The van der Waals surface area contributed by atoms with Crippen molar-refractivity contribution in [3.05, 3.63) is 66.0 Å². The van der Waals surface area contributed by atoms with E-state index in [0.29, 0.717) is 13.2 Å². The van der Waals surface area contributed by atoms with Gasteiger partial charge in [-0.15, -0.1) is 0 Å². The second-order valence-corrected chi connectivity index (χ2v) is 6.76. The van der Waals surface area contributed by atoms with Crippen LogP contribution in [0.25, 0.3) is 0 Å². The van der Waals surface area contributed by atoms with E-state index in [2.05, 4.69) is 39.6 Å². The molecule has 2 heterocycles. The van der Waals surface area contributed by atoms with Crippen molar-refractivity contribution in [2.75, 3.05) is 26.2 Å². The second-order valence-electron chi connectivity index (χ2n) is 6.76. The van der Waals surface area contributed by atoms with E-state index < -0.39 is 0 Å². The van der Waals surface area contributed by atoms with Gasteiger partial charge in [0.05, 0.1) is 24.8 Å². The first-order chi connectivity index (χ1) is 13.2. The minimum atomic E-state index is -0.199. The second kappa shape index (κ2) is 9.48. The van der Waals surface area contributed by atoms with Crippen molar-refractivity contribution in [1.82, 2.24) is 20.5 Å². The number of morpholine rings is 1. The standard InChI is InChI=1S/C21H28N4O2/c1-3-25-12-13-27-19(20(25)17-8-5-4-6-9-17)15-23-21(26)24-16(2)18-10-7-11-22-14-18/h4-11,14,16,19-20H,3,12-13,15H2,1-2H3,(H2,23,24,26)/t16-,19-,20-/m0/s1. The van der Waals surface area contributed by atoms with Crippen molar-refractivity contribution in [2.45, 2.75) is 32.0 Å². The zero-order valence-corrected chi connectivity index (χ0v) is 16.0. The van der Waals surface area contributed by atoms with Crippen LogP contribution in [0.4, 0.5) is 4.79 Å². The highest BCUT2D eigenvalue weighted by Crippen LogP contribution is 2.29. The molecular weight excluding hydrogens is 340 g/mol. The number of nitrogens with one attached hydrogen (secondary N) is 2. The predicted octanol–water partition coefficient (Wildman–Crippen LogP) is 2.90. The molecule has 6 heteroatoms. The summed E-state index contributed by atoms with van der Waals surface area (Å²) in [6.07, 6.45) is 3.40. The van der Waals surface area contributed by atoms with Crippen molar-refractivity contribution in [1.29, 1.82) is 0 Å². The number of amides is 2. The molecule has 1 aliphatic rings. The van der Waals surface area contributed by atoms with Gasteiger partial charge in [0.2, 0.25) is 0 Å². The highest BCUT2D eigenvalue weighted by molar-refractivity contribution is 5.74. The summed E-state index contributed by atoms with van der Waals surface area (Å²) in [5, 5.41) is 5.93. The number of carbonyl (C=O) groups is 1. The number of likely N-dealkylation sites (N-methyl/N-ethyl adjacent to an activating group) is 1. The summed E-state index contributed by atoms with van der Waals surface area (Å²) in [6.45, 7) is 7.09. The third-order valence-corrected chi connectivity index (χ3v) is 5.00. The Balaban J connectivity index is 1.60. The number of carbonyl (C=O) groups excluding carboxylic acids is 1. The Morgan fingerprint density at radius 2 is 2.11 bits per heavy atom. The molecule has 2 aromatic rings. The number of aromatic nitrogens is 1. The highest BCUT2D eigenvalue weighted by Gasteiger charge is 2.32. The third kappa shape index (κ3) is 5.05. The summed E-state index contributed by atoms with van der Waals surface area (Å²) in [6, 6.07) is 14.0. The molecular formula is C21H28N4O2. The summed E-state index contributed by atoms with van der Waals surface area (Å²) in [7, 11) is 0. The number of hydrogen-bond donors (Lipinski definition) is 2. The molecule has 1 aliphatic heterocycles. The van der Waals surface area contributed by atoms with E-state index in [1.807, 2.05) is 37.3 Å². The first-order valence-electron chi connectivity index (χ1n) is 9.54. The lowest BCUT2D eigenvalue weighted by molar-refractivity contribution is -0.0682. The Morgan fingerprint density at radius 3 is 2.81 bits per heavy atom. The van der Waals surface area contributed by atoms with Crippen molar-refractivity contribution < 1.29 is 9.53 Å². The highest BCUT2D eigenvalue weighted by atomic mass is 16.5. The maximum absolute atomic E-state index is 12.4. The molecule has 0 unspecified atom stereocenters. The third-order valence-electron chi connectivity index (χ3n) is 5.00. The molecule has 0 radical (unpaired) electrons. The molecule has 27 heavy (non-hydrogen) atoms. The molecule has 1 fully saturated rings. The van der Waals surface area contributed by atoms with Crippen molar-refractivity contribution >= 4 is 6.03 Å². The van der Waals surface area contributed by atoms with Crippen LogP contribution < -0.4 is 10.6 Å². The molecule has 3 rings (SSSR count). The van der Waals surface area contributed by atoms with Gasteiger partial charge in [0, 0.05) is 25.5 Å². The van der Waals surface area contributed by atoms with E-state index in [1.54, 1.807) is 12.4 Å². The van der Waals surface area contributed by atoms with Crippen LogP contribution in [0.1, 0.15) is 37.1 Å². The first-order valence-corrected chi connectivity index (χ1v) is 9.54. The molecule has 0 saturated carbocycles. The SMILES string of the molecule is CCN1CCO[C@@H](CNC(=O)N[C@@H](C)c2cccnc2)[C@@H]1c1ccccc1. The van der Waals surface area contributed by atoms with Gasteiger partial charge in [-0.05, 0) is 30.7 Å². The number of urea groups is 1. The van der Waals surface area contributed by atoms with Gasteiger partial charge in [-0.2, -0.15) is 0 Å². The average molecular weight is 368 g/mol. The van der Waals surface area contributed by atoms with Crippen LogP contribution in [0.15, 0.2) is 54.9 Å². The zero-order chi connectivity index (χ0) is 19.1. The van der Waals surface area contributed by atoms with Gasteiger partial charge < -0.3 is 15.4 Å². The lowest BCUT2D eigenvalue weighted by atomic mass is 9.98. The van der Waals surface area contributed by atoms with Crippen LogP contribution in [0.5, 0.6) is 0 Å². The van der Waals surface area contributed by atoms with E-state index in [-0.39, 0.29) is 24.2 Å². The van der Waals surface area contributed by atoms with E-state index in [9.17, 15) is 4.79 Å². The number of hydrogen-bond acceptors (Lipinski definition) is 4. The topological polar surface area (TPSA) is 66.5 Å². The lowest BCUT2D eigenvalue weighted by Crippen LogP contribution is -2.51. The Kier molecular flexibility index (Phi) is 6.79. The van der Waals surface area contributed by atoms with Crippen LogP contribution in [-0.2, 0) is 4.74 Å². The molecule has 3 atom stereocenters. The Labute approximate surface area is 160 Å². The van der Waals surface area contributed by atoms with Crippen molar-refractivity contribution in [3.8, 4) is 0 Å². The number of ether oxygens (including phenoxy) is 1. The summed E-state index contributed by atoms with van der Waals surface area (Å²) in [5.74, 6) is 0. The van der Waals surface area contributed by atoms with Crippen LogP contribution in [-0.4, -0.2) is 48.3 Å². The van der Waals surface area contributed by atoms with Gasteiger partial charge in [0.15, 0.2) is 0 Å². The smallest absolute Gasteiger partial charge is 0.315 e. The summed E-state index contributed by atoms with van der Waals surface area (Å²) in [5.41, 5.74) is 2.19. The average Bonchev–Trinajstić information content (AvgIpc) is 2.73. The fraction of sp³-hybridized carbons (Fsp3) is 0.429. The van der Waals surface area contributed by atoms with E-state index in [1.165, 1.54) is 5.56 Å². The summed E-state index contributed by atoms with van der Waals surface area (Å²) >= 11 is 0. The fourth-order valence-corrected chi connectivity index (χ4v) is 3.54. The molecule has 144 valence electrons. The van der Waals surface area contributed by atoms with Crippen LogP contribution in [0.3, 0.4) is 0 Å². The molecule has 1 saturated heterocycles. The monoisotopic (exact) mass is 368 g/mol. The maximum atomic E-state index is 12.4. The van der Waals surface area contributed by atoms with Crippen LogP contribution in [0.2, 0.25) is 0 Å². The molecule has 2 amide bonds. The lowest BCUT2D eigenvalue weighted by Gasteiger charge is -2.41. The van der Waals surface area contributed by atoms with Crippen molar-refractivity contribution in [3.63, 3.8) is 0 Å². The van der Waals surface area contributed by atoms with E-state index in [0.717, 1.165) is 18.7 Å². The van der Waals surface area contributed by atoms with Crippen molar-refractivity contribution in [2.24, 2.45) is 0 Å². The van der Waals surface area contributed by atoms with Crippen LogP contribution in [0, 0.1) is 0 Å². The van der Waals surface area contributed by atoms with E-state index in [4.69, 9.17) is 4.74 Å². The molecule has 0 spiro atoms. The van der Waals surface area contributed by atoms with Crippen LogP contribution >= 0.6 is 0 Å². The fourth-order valence-electron chi connectivity index (χ4n) is 3.54. The summed E-state index contributed by atoms with van der Waals surface area (Å²) in [4.78, 5) is 18.9. The quantitative estimate of drug-likeness (QED) is 0.823. The Morgan fingerprint density at radius 1 is 1.30 bits per heavy atom. The number of rotatable bonds is 6. The van der Waals surface area contributed by atoms with Gasteiger partial charge in [-0.3, -0.25) is 9.88 Å². The van der Waals surface area contributed by atoms with Gasteiger partial charge in [0.1, 0.15) is 0 Å². The summed E-state index contributed by atoms with van der Waals surface area (Å²) < 4.78 is 6.02. The molecule has 2 N–H and O–H groups in total. The zero-order valence-electron chi connectivity index (χ0n) is 16.0. The largest absolute Gasteiger partial charge is 0.373 e. The van der Waals surface area contributed by atoms with Gasteiger partial charge in [0.25, 0.3) is 0 Å². The minimum absolute atomic E-state index is 0.0828. The predicted molar refractivity (Wildman–Crippen MR) is 105 cm³/mol. The molecule has 0 aliphatic carbocycles. The number of nitrogens with zero attached hydrogens (tertiary/aromatic N) is 2. The molecule has 1 aromatic carbocycles. The first kappa shape index (κ1) is 19.3. The molecule has 6 nitrogen and oxygen atoms in total. The van der Waals surface area contributed by atoms with Gasteiger partial charge in [-0.25, -0.2) is 4.79 Å². The normalized spacial score (nSPS) is 21.4. The molecule has 1 aromatic heterocycles. The molecule has 0 bridgehead atoms. The minimum Gasteiger partial charge on any atom is -0.373 e. The van der Waals surface area contributed by atoms with Gasteiger partial charge >= 0.3 is 6.03 Å². The number of pyridine rings is 1. The number of benzene rings is 1. The Hall–Kier alpha value is -2.44. The Bertz CT molecular complexity index is 711. The van der Waals surface area contributed by atoms with E-state index >= 15 is 0 Å². The maximum Gasteiger partial charge on any atom is 0.315 e.